The van der Waals surface area contributed by atoms with Gasteiger partial charge in [-0.3, -0.25) is 4.79 Å². The van der Waals surface area contributed by atoms with Crippen molar-refractivity contribution in [2.75, 3.05) is 18.4 Å². The van der Waals surface area contributed by atoms with Gasteiger partial charge in [0.05, 0.1) is 36.1 Å². The molecule has 0 radical (unpaired) electrons. The number of nitrogens with one attached hydrogen (secondary N) is 1. The Morgan fingerprint density at radius 3 is 2.65 bits per heavy atom. The highest BCUT2D eigenvalue weighted by Crippen LogP contribution is 2.33. The van der Waals surface area contributed by atoms with Gasteiger partial charge in [-0.1, -0.05) is 5.11 Å². The Labute approximate surface area is 187 Å². The molecule has 2 aromatic rings. The molecule has 1 unspecified atom stereocenters. The monoisotopic (exact) mass is 545 g/mol. The Morgan fingerprint density at radius 1 is 1.32 bits per heavy atom. The minimum Gasteiger partial charge on any atom is -0.386 e. The molecule has 8 nitrogen and oxygen atoms in total. The standard InChI is InChI=1S/C19H15F3IN5O3/c20-12-3-2-11(17(16(12)22)25-14-4-1-10(23)7-13(14)21)18(30)28-8-19(31,9-28)15(5-6-29)26-27-24/h1-4,6-7,15,25,31H,5,8-9H2. The Bertz CT molecular complexity index is 1090. The quantitative estimate of drug-likeness (QED) is 0.180. The second kappa shape index (κ2) is 9.12. The first kappa shape index (κ1) is 22.8. The second-order valence-electron chi connectivity index (χ2n) is 6.92. The number of β-amino-alcohol motifs (C(OH)–C–C–N with tert-alkyl or cyclic N) is 1. The van der Waals surface area contributed by atoms with Crippen molar-refractivity contribution in [2.24, 2.45) is 5.11 Å². The summed E-state index contributed by atoms with van der Waals surface area (Å²) in [7, 11) is 0. The van der Waals surface area contributed by atoms with Crippen molar-refractivity contribution in [2.45, 2.75) is 18.1 Å². The zero-order valence-electron chi connectivity index (χ0n) is 15.7. The highest BCUT2D eigenvalue weighted by Gasteiger charge is 2.49. The van der Waals surface area contributed by atoms with Crippen LogP contribution >= 0.6 is 22.6 Å². The molecule has 0 aromatic heterocycles. The average Bonchev–Trinajstić information content (AvgIpc) is 2.70. The number of benzene rings is 2. The summed E-state index contributed by atoms with van der Waals surface area (Å²) in [5.41, 5.74) is 5.98. The van der Waals surface area contributed by atoms with Crippen LogP contribution in [0.5, 0.6) is 0 Å². The van der Waals surface area contributed by atoms with E-state index in [0.29, 0.717) is 9.86 Å². The highest BCUT2D eigenvalue weighted by molar-refractivity contribution is 14.1. The van der Waals surface area contributed by atoms with Gasteiger partial charge in [-0.05, 0) is 58.5 Å². The largest absolute Gasteiger partial charge is 0.386 e. The molecule has 1 aliphatic heterocycles. The van der Waals surface area contributed by atoms with Crippen LogP contribution in [0.25, 0.3) is 10.4 Å². The number of aldehydes is 1. The highest BCUT2D eigenvalue weighted by atomic mass is 127. The molecular formula is C19H15F3IN5O3. The smallest absolute Gasteiger partial charge is 0.256 e. The van der Waals surface area contributed by atoms with Crippen molar-refractivity contribution in [3.05, 3.63) is 67.4 Å². The second-order valence-corrected chi connectivity index (χ2v) is 8.17. The summed E-state index contributed by atoms with van der Waals surface area (Å²) in [6, 6.07) is 4.77. The molecule has 31 heavy (non-hydrogen) atoms. The fourth-order valence-corrected chi connectivity index (χ4v) is 3.70. The van der Waals surface area contributed by atoms with Crippen molar-refractivity contribution in [1.82, 2.24) is 4.90 Å². The zero-order chi connectivity index (χ0) is 22.8. The van der Waals surface area contributed by atoms with Crippen LogP contribution in [-0.4, -0.2) is 46.9 Å². The van der Waals surface area contributed by atoms with Crippen LogP contribution in [0.4, 0.5) is 24.5 Å². The number of nitrogens with zero attached hydrogens (tertiary/aromatic N) is 4. The van der Waals surface area contributed by atoms with Crippen LogP contribution in [0.15, 0.2) is 35.4 Å². The van der Waals surface area contributed by atoms with Gasteiger partial charge in [0.25, 0.3) is 5.91 Å². The first-order valence-electron chi connectivity index (χ1n) is 8.89. The Balaban J connectivity index is 1.88. The van der Waals surface area contributed by atoms with E-state index in [9.17, 15) is 27.9 Å². The molecule has 1 amide bonds. The van der Waals surface area contributed by atoms with Crippen molar-refractivity contribution in [1.29, 1.82) is 0 Å². The van der Waals surface area contributed by atoms with E-state index in [4.69, 9.17) is 5.53 Å². The van der Waals surface area contributed by atoms with E-state index in [-0.39, 0.29) is 30.8 Å². The van der Waals surface area contributed by atoms with Crippen LogP contribution in [0.3, 0.4) is 0 Å². The van der Waals surface area contributed by atoms with E-state index >= 15 is 0 Å². The summed E-state index contributed by atoms with van der Waals surface area (Å²) in [6.07, 6.45) is 0.238. The molecule has 0 spiro atoms. The molecule has 0 saturated carbocycles. The third kappa shape index (κ3) is 4.60. The first-order valence-corrected chi connectivity index (χ1v) is 9.97. The topological polar surface area (TPSA) is 118 Å². The lowest BCUT2D eigenvalue weighted by molar-refractivity contribution is -0.116. The van der Waals surface area contributed by atoms with Gasteiger partial charge >= 0.3 is 0 Å². The molecule has 12 heteroatoms. The number of hydrogen-bond donors (Lipinski definition) is 2. The van der Waals surface area contributed by atoms with Crippen LogP contribution in [0.2, 0.25) is 0 Å². The van der Waals surface area contributed by atoms with E-state index in [1.54, 1.807) is 6.07 Å². The lowest BCUT2D eigenvalue weighted by Crippen LogP contribution is -2.68. The van der Waals surface area contributed by atoms with Gasteiger partial charge in [0.2, 0.25) is 0 Å². The summed E-state index contributed by atoms with van der Waals surface area (Å²) < 4.78 is 43.1. The van der Waals surface area contributed by atoms with Crippen LogP contribution in [-0.2, 0) is 4.79 Å². The maximum Gasteiger partial charge on any atom is 0.256 e. The Kier molecular flexibility index (Phi) is 6.72. The lowest BCUT2D eigenvalue weighted by Gasteiger charge is -2.49. The first-order chi connectivity index (χ1) is 14.7. The van der Waals surface area contributed by atoms with E-state index in [1.165, 1.54) is 12.1 Å². The maximum absolute atomic E-state index is 14.5. The van der Waals surface area contributed by atoms with Crippen LogP contribution in [0.1, 0.15) is 16.8 Å². The van der Waals surface area contributed by atoms with Crippen molar-refractivity contribution in [3.63, 3.8) is 0 Å². The molecule has 0 bridgehead atoms. The predicted molar refractivity (Wildman–Crippen MR) is 113 cm³/mol. The molecule has 2 N–H and O–H groups in total. The summed E-state index contributed by atoms with van der Waals surface area (Å²) >= 11 is 1.89. The number of anilines is 2. The van der Waals surface area contributed by atoms with Gasteiger partial charge in [-0.25, -0.2) is 13.2 Å². The van der Waals surface area contributed by atoms with Gasteiger partial charge in [0, 0.05) is 14.9 Å². The molecule has 2 aromatic carbocycles. The fraction of sp³-hybridized carbons (Fsp3) is 0.263. The van der Waals surface area contributed by atoms with Crippen LogP contribution < -0.4 is 5.32 Å². The number of carbonyl (C=O) groups is 2. The van der Waals surface area contributed by atoms with Crippen molar-refractivity contribution in [3.8, 4) is 0 Å². The number of likely N-dealkylation sites (tertiary alicyclic amines) is 1. The van der Waals surface area contributed by atoms with Crippen molar-refractivity contribution >= 4 is 46.2 Å². The fourth-order valence-electron chi connectivity index (χ4n) is 3.24. The number of rotatable bonds is 7. The number of hydrogen-bond acceptors (Lipinski definition) is 5. The van der Waals surface area contributed by atoms with Crippen LogP contribution in [0, 0.1) is 21.0 Å². The van der Waals surface area contributed by atoms with Gasteiger partial charge in [0.15, 0.2) is 11.6 Å². The lowest BCUT2D eigenvalue weighted by atomic mass is 9.84. The Morgan fingerprint density at radius 2 is 2.03 bits per heavy atom. The van der Waals surface area contributed by atoms with E-state index in [1.807, 2.05) is 22.6 Å². The molecular weight excluding hydrogens is 530 g/mol. The predicted octanol–water partition coefficient (Wildman–Crippen LogP) is 3.91. The zero-order valence-corrected chi connectivity index (χ0v) is 17.9. The number of carbonyl (C=O) groups excluding carboxylic acids is 2. The normalized spacial score (nSPS) is 15.5. The number of halogens is 4. The molecule has 3 rings (SSSR count). The minimum absolute atomic E-state index is 0.159. The van der Waals surface area contributed by atoms with Gasteiger partial charge in [-0.15, -0.1) is 0 Å². The van der Waals surface area contributed by atoms with E-state index in [2.05, 4.69) is 15.3 Å². The summed E-state index contributed by atoms with van der Waals surface area (Å²) in [5, 5.41) is 16.4. The number of amides is 1. The minimum atomic E-state index is -1.63. The molecule has 1 fully saturated rings. The molecule has 0 aliphatic carbocycles. The van der Waals surface area contributed by atoms with E-state index < -0.39 is 40.7 Å². The third-order valence-corrected chi connectivity index (χ3v) is 5.53. The summed E-state index contributed by atoms with van der Waals surface area (Å²) in [5.74, 6) is -4.09. The SMILES string of the molecule is [N-]=[N+]=NC(CC=O)C1(O)CN(C(=O)c2ccc(F)c(F)c2Nc2ccc(I)cc2F)C1. The molecule has 1 aliphatic rings. The number of aliphatic hydroxyl groups is 1. The van der Waals surface area contributed by atoms with E-state index in [0.717, 1.165) is 17.0 Å². The average molecular weight is 545 g/mol. The van der Waals surface area contributed by atoms with Gasteiger partial charge in [-0.2, -0.15) is 0 Å². The molecule has 1 heterocycles. The molecule has 162 valence electrons. The molecule has 1 atom stereocenters. The summed E-state index contributed by atoms with van der Waals surface area (Å²) in [4.78, 5) is 27.4. The van der Waals surface area contributed by atoms with Gasteiger partial charge in [0.1, 0.15) is 17.7 Å². The van der Waals surface area contributed by atoms with Crippen molar-refractivity contribution < 1.29 is 27.9 Å². The summed E-state index contributed by atoms with van der Waals surface area (Å²) in [6.45, 7) is -0.584. The van der Waals surface area contributed by atoms with Gasteiger partial charge < -0.3 is 20.1 Å². The number of azide groups is 1. The Hall–Kier alpha value is -2.83. The maximum atomic E-state index is 14.5. The molecule has 1 saturated heterocycles. The third-order valence-electron chi connectivity index (χ3n) is 4.86.